The van der Waals surface area contributed by atoms with Crippen molar-refractivity contribution in [3.63, 3.8) is 0 Å². The topological polar surface area (TPSA) is 42.2 Å². The van der Waals surface area contributed by atoms with Crippen LogP contribution in [0.15, 0.2) is 60.2 Å². The molecule has 0 unspecified atom stereocenters. The second-order valence-corrected chi connectivity index (χ2v) is 4.21. The van der Waals surface area contributed by atoms with Crippen LogP contribution in [0, 0.1) is 11.3 Å². The highest BCUT2D eigenvalue weighted by molar-refractivity contribution is 5.66. The van der Waals surface area contributed by atoms with Gasteiger partial charge in [0.05, 0.1) is 18.8 Å². The van der Waals surface area contributed by atoms with Crippen molar-refractivity contribution in [2.75, 3.05) is 7.11 Å². The summed E-state index contributed by atoms with van der Waals surface area (Å²) in [4.78, 5) is 0. The molecule has 2 aromatic rings. The zero-order valence-electron chi connectivity index (χ0n) is 11.5. The first-order chi connectivity index (χ1) is 9.74. The largest absolute Gasteiger partial charge is 0.495 e. The summed E-state index contributed by atoms with van der Waals surface area (Å²) < 4.78 is 11.0. The van der Waals surface area contributed by atoms with Crippen molar-refractivity contribution in [2.45, 2.75) is 6.92 Å². The van der Waals surface area contributed by atoms with Gasteiger partial charge < -0.3 is 9.47 Å². The Hall–Kier alpha value is -2.73. The lowest BCUT2D eigenvalue weighted by molar-refractivity contribution is 0.368. The number of nitriles is 1. The van der Waals surface area contributed by atoms with Crippen molar-refractivity contribution in [2.24, 2.45) is 0 Å². The number of nitrogens with zero attached hydrogens (tertiary/aromatic N) is 1. The molecule has 0 fully saturated rings. The lowest BCUT2D eigenvalue weighted by atomic mass is 10.1. The van der Waals surface area contributed by atoms with Gasteiger partial charge in [-0.15, -0.1) is 0 Å². The number of methoxy groups -OCH3 is 1. The Morgan fingerprint density at radius 2 is 1.55 bits per heavy atom. The fraction of sp³-hybridized carbons (Fsp3) is 0.118. The molecule has 0 amide bonds. The quantitative estimate of drug-likeness (QED) is 0.608. The minimum absolute atomic E-state index is 0.546. The summed E-state index contributed by atoms with van der Waals surface area (Å²) in [5.74, 6) is 2.11. The van der Waals surface area contributed by atoms with Crippen LogP contribution in [0.3, 0.4) is 0 Å². The second-order valence-electron chi connectivity index (χ2n) is 4.21. The average molecular weight is 265 g/mol. The van der Waals surface area contributed by atoms with Crippen molar-refractivity contribution in [3.8, 4) is 17.6 Å². The molecule has 3 nitrogen and oxygen atoms in total. The third-order valence-corrected chi connectivity index (χ3v) is 2.81. The maximum Gasteiger partial charge on any atom is 0.139 e. The molecule has 20 heavy (non-hydrogen) atoms. The molecule has 0 bridgehead atoms. The van der Waals surface area contributed by atoms with Crippen molar-refractivity contribution >= 4 is 5.76 Å². The van der Waals surface area contributed by atoms with Crippen molar-refractivity contribution in [1.82, 2.24) is 0 Å². The molecule has 0 saturated heterocycles. The molecular weight excluding hydrogens is 250 g/mol. The number of para-hydroxylation sites is 1. The zero-order chi connectivity index (χ0) is 14.4. The van der Waals surface area contributed by atoms with Crippen LogP contribution in [0.25, 0.3) is 5.76 Å². The number of hydrogen-bond acceptors (Lipinski definition) is 3. The van der Waals surface area contributed by atoms with E-state index in [1.807, 2.05) is 54.6 Å². The van der Waals surface area contributed by atoms with Crippen LogP contribution in [0.4, 0.5) is 0 Å². The number of hydrogen-bond donors (Lipinski definition) is 0. The molecule has 0 atom stereocenters. The van der Waals surface area contributed by atoms with E-state index in [1.165, 1.54) is 0 Å². The minimum atomic E-state index is 0.546. The molecule has 0 N–H and O–H groups in total. The summed E-state index contributed by atoms with van der Waals surface area (Å²) in [6.45, 7) is 1.73. The number of benzene rings is 2. The number of ether oxygens (including phenoxy) is 2. The molecule has 0 aliphatic carbocycles. The van der Waals surface area contributed by atoms with Crippen LogP contribution in [0.5, 0.6) is 11.5 Å². The molecule has 3 heteroatoms. The predicted molar refractivity (Wildman–Crippen MR) is 78.2 cm³/mol. The third-order valence-electron chi connectivity index (χ3n) is 2.81. The summed E-state index contributed by atoms with van der Waals surface area (Å²) in [5.41, 5.74) is 1.40. The zero-order valence-corrected chi connectivity index (χ0v) is 11.5. The van der Waals surface area contributed by atoms with Crippen LogP contribution in [0.1, 0.15) is 12.5 Å². The predicted octanol–water partition coefficient (Wildman–Crippen LogP) is 4.38. The molecule has 0 aliphatic heterocycles. The Bertz CT molecular complexity index is 637. The number of allylic oxidation sites excluding steroid dienone is 1. The van der Waals surface area contributed by atoms with Crippen molar-refractivity contribution in [1.29, 1.82) is 5.26 Å². The van der Waals surface area contributed by atoms with Gasteiger partial charge in [0.1, 0.15) is 17.3 Å². The molecule has 0 aromatic heterocycles. The van der Waals surface area contributed by atoms with Crippen LogP contribution >= 0.6 is 0 Å². The molecule has 100 valence electrons. The molecular formula is C17H15NO2. The normalized spacial score (nSPS) is 11.2. The molecule has 0 spiro atoms. The van der Waals surface area contributed by atoms with Gasteiger partial charge in [-0.1, -0.05) is 18.2 Å². The first-order valence-electron chi connectivity index (χ1n) is 6.23. The van der Waals surface area contributed by atoms with Gasteiger partial charge in [-0.3, -0.25) is 0 Å². The summed E-state index contributed by atoms with van der Waals surface area (Å²) in [6.07, 6.45) is 0. The van der Waals surface area contributed by atoms with E-state index in [9.17, 15) is 0 Å². The first-order valence-corrected chi connectivity index (χ1v) is 6.23. The van der Waals surface area contributed by atoms with Gasteiger partial charge in [0.15, 0.2) is 0 Å². The minimum Gasteiger partial charge on any atom is -0.495 e. The van der Waals surface area contributed by atoms with Crippen LogP contribution in [-0.4, -0.2) is 7.11 Å². The van der Waals surface area contributed by atoms with Gasteiger partial charge in [-0.05, 0) is 43.3 Å². The number of rotatable bonds is 4. The Morgan fingerprint density at radius 1 is 0.950 bits per heavy atom. The monoisotopic (exact) mass is 265 g/mol. The van der Waals surface area contributed by atoms with Crippen LogP contribution in [0.2, 0.25) is 0 Å². The van der Waals surface area contributed by atoms with Gasteiger partial charge in [-0.25, -0.2) is 0 Å². The Labute approximate surface area is 118 Å². The van der Waals surface area contributed by atoms with Crippen LogP contribution in [-0.2, 0) is 4.74 Å². The Balaban J connectivity index is 2.21. The van der Waals surface area contributed by atoms with E-state index in [2.05, 4.69) is 6.07 Å². The maximum atomic E-state index is 8.93. The maximum absolute atomic E-state index is 8.93. The molecule has 2 rings (SSSR count). The summed E-state index contributed by atoms with van der Waals surface area (Å²) in [6, 6.07) is 19.1. The highest BCUT2D eigenvalue weighted by atomic mass is 16.5. The van der Waals surface area contributed by atoms with Gasteiger partial charge >= 0.3 is 0 Å². The van der Waals surface area contributed by atoms with Crippen molar-refractivity contribution in [3.05, 3.63) is 65.7 Å². The fourth-order valence-electron chi connectivity index (χ4n) is 1.84. The standard InChI is InChI=1S/C17H15NO2/c1-13(12-18)17(19-2)14-8-10-16(11-9-14)20-15-6-4-3-5-7-15/h3-11H,1-2H3/b17-13+. The Morgan fingerprint density at radius 3 is 2.10 bits per heavy atom. The third kappa shape index (κ3) is 3.18. The lowest BCUT2D eigenvalue weighted by Crippen LogP contribution is -1.91. The molecule has 0 saturated carbocycles. The van der Waals surface area contributed by atoms with E-state index in [1.54, 1.807) is 14.0 Å². The van der Waals surface area contributed by atoms with E-state index >= 15 is 0 Å². The molecule has 0 aliphatic rings. The van der Waals surface area contributed by atoms with E-state index in [4.69, 9.17) is 14.7 Å². The van der Waals surface area contributed by atoms with E-state index in [0.29, 0.717) is 11.3 Å². The summed E-state index contributed by atoms with van der Waals surface area (Å²) in [7, 11) is 1.56. The van der Waals surface area contributed by atoms with Crippen molar-refractivity contribution < 1.29 is 9.47 Å². The van der Waals surface area contributed by atoms with E-state index < -0.39 is 0 Å². The fourth-order valence-corrected chi connectivity index (χ4v) is 1.84. The SMILES string of the molecule is CO/C(=C(\C)C#N)c1ccc(Oc2ccccc2)cc1. The van der Waals surface area contributed by atoms with Gasteiger partial charge in [0.25, 0.3) is 0 Å². The van der Waals surface area contributed by atoms with Gasteiger partial charge in [0, 0.05) is 5.56 Å². The molecule has 0 radical (unpaired) electrons. The Kier molecular flexibility index (Phi) is 4.41. The molecule has 2 aromatic carbocycles. The summed E-state index contributed by atoms with van der Waals surface area (Å²) in [5, 5.41) is 8.93. The van der Waals surface area contributed by atoms with Gasteiger partial charge in [-0.2, -0.15) is 5.26 Å². The summed E-state index contributed by atoms with van der Waals surface area (Å²) >= 11 is 0. The lowest BCUT2D eigenvalue weighted by Gasteiger charge is -2.09. The van der Waals surface area contributed by atoms with E-state index in [0.717, 1.165) is 17.1 Å². The second kappa shape index (κ2) is 6.44. The van der Waals surface area contributed by atoms with E-state index in [-0.39, 0.29) is 0 Å². The highest BCUT2D eigenvalue weighted by Crippen LogP contribution is 2.25. The smallest absolute Gasteiger partial charge is 0.139 e. The van der Waals surface area contributed by atoms with Gasteiger partial charge in [0.2, 0.25) is 0 Å². The first kappa shape index (κ1) is 13.7. The molecule has 0 heterocycles. The average Bonchev–Trinajstić information content (AvgIpc) is 2.50. The highest BCUT2D eigenvalue weighted by Gasteiger charge is 2.06. The van der Waals surface area contributed by atoms with Crippen LogP contribution < -0.4 is 4.74 Å².